The van der Waals surface area contributed by atoms with E-state index in [2.05, 4.69) is 30.7 Å². The van der Waals surface area contributed by atoms with Gasteiger partial charge in [-0.1, -0.05) is 29.3 Å². The van der Waals surface area contributed by atoms with Crippen molar-refractivity contribution in [3.63, 3.8) is 0 Å². The largest absolute Gasteiger partial charge is 0.374 e. The first-order valence-corrected chi connectivity index (χ1v) is 9.42. The summed E-state index contributed by atoms with van der Waals surface area (Å²) in [5.74, 6) is 1.26. The van der Waals surface area contributed by atoms with Crippen molar-refractivity contribution in [2.75, 3.05) is 26.2 Å². The van der Waals surface area contributed by atoms with Crippen LogP contribution in [0.15, 0.2) is 18.2 Å². The molecule has 0 radical (unpaired) electrons. The lowest BCUT2D eigenvalue weighted by atomic mass is 10.2. The van der Waals surface area contributed by atoms with E-state index in [4.69, 9.17) is 27.9 Å². The summed E-state index contributed by atoms with van der Waals surface area (Å²) in [6.07, 6.45) is -0.0713. The van der Waals surface area contributed by atoms with Crippen LogP contribution in [0.25, 0.3) is 0 Å². The van der Waals surface area contributed by atoms with Crippen molar-refractivity contribution in [2.45, 2.75) is 26.1 Å². The number of carbonyl (C=O) groups is 1. The number of nitrogens with zero attached hydrogens (tertiary/aromatic N) is 3. The summed E-state index contributed by atoms with van der Waals surface area (Å²) in [6.45, 7) is 5.43. The lowest BCUT2D eigenvalue weighted by Gasteiger charge is -2.33. The Balaban J connectivity index is 1.41. The van der Waals surface area contributed by atoms with Crippen LogP contribution in [0.3, 0.4) is 0 Å². The SMILES string of the molecule is Cc1nc(CNC(=O)NC[C@H]2CN(Cc3ccc(Cl)c(Cl)c3)CCO2)n[nH]1. The molecule has 0 saturated carbocycles. The van der Waals surface area contributed by atoms with E-state index in [0.29, 0.717) is 34.8 Å². The van der Waals surface area contributed by atoms with Crippen LogP contribution < -0.4 is 10.6 Å². The molecule has 0 unspecified atom stereocenters. The van der Waals surface area contributed by atoms with Crippen molar-refractivity contribution in [2.24, 2.45) is 0 Å². The van der Waals surface area contributed by atoms with Crippen molar-refractivity contribution >= 4 is 29.2 Å². The molecule has 1 aromatic carbocycles. The van der Waals surface area contributed by atoms with Gasteiger partial charge in [-0.25, -0.2) is 9.78 Å². The maximum Gasteiger partial charge on any atom is 0.315 e. The number of carbonyl (C=O) groups excluding carboxylic acids is 1. The maximum atomic E-state index is 11.9. The number of rotatable bonds is 6. The Morgan fingerprint density at radius 3 is 2.96 bits per heavy atom. The van der Waals surface area contributed by atoms with Crippen molar-refractivity contribution in [3.8, 4) is 0 Å². The Morgan fingerprint density at radius 1 is 1.37 bits per heavy atom. The van der Waals surface area contributed by atoms with Crippen LogP contribution >= 0.6 is 23.2 Å². The molecule has 2 aromatic rings. The topological polar surface area (TPSA) is 95.2 Å². The van der Waals surface area contributed by atoms with Gasteiger partial charge >= 0.3 is 6.03 Å². The third-order valence-corrected chi connectivity index (χ3v) is 4.89. The molecule has 2 amide bonds. The third kappa shape index (κ3) is 6.07. The van der Waals surface area contributed by atoms with Crippen molar-refractivity contribution < 1.29 is 9.53 Å². The normalized spacial score (nSPS) is 17.7. The minimum absolute atomic E-state index is 0.0713. The molecular formula is C17H22Cl2N6O2. The van der Waals surface area contributed by atoms with Crippen LogP contribution in [0.4, 0.5) is 4.79 Å². The molecule has 1 fully saturated rings. The number of hydrogen-bond donors (Lipinski definition) is 3. The van der Waals surface area contributed by atoms with Crippen LogP contribution in [-0.4, -0.2) is 58.5 Å². The summed E-state index contributed by atoms with van der Waals surface area (Å²) in [4.78, 5) is 18.3. The Bertz CT molecular complexity index is 785. The van der Waals surface area contributed by atoms with Gasteiger partial charge in [-0.15, -0.1) is 0 Å². The summed E-state index contributed by atoms with van der Waals surface area (Å²) in [5.41, 5.74) is 1.09. The molecule has 0 bridgehead atoms. The molecule has 27 heavy (non-hydrogen) atoms. The van der Waals surface area contributed by atoms with Crippen molar-refractivity contribution in [1.29, 1.82) is 0 Å². The van der Waals surface area contributed by atoms with E-state index in [1.165, 1.54) is 0 Å². The molecule has 1 saturated heterocycles. The Labute approximate surface area is 167 Å². The Kier molecular flexibility index (Phi) is 6.89. The Morgan fingerprint density at radius 2 is 2.22 bits per heavy atom. The summed E-state index contributed by atoms with van der Waals surface area (Å²) in [5, 5.41) is 13.4. The standard InChI is InChI=1S/C17H22Cl2N6O2/c1-11-22-16(24-23-11)8-21-17(26)20-7-13-10-25(4-5-27-13)9-12-2-3-14(18)15(19)6-12/h2-3,6,13H,4-5,7-10H2,1H3,(H2,20,21,26)(H,22,23,24)/t13-/m0/s1. The Hall–Kier alpha value is -1.87. The van der Waals surface area contributed by atoms with Crippen LogP contribution in [-0.2, 0) is 17.8 Å². The molecule has 146 valence electrons. The number of amides is 2. The number of aromatic amines is 1. The zero-order valence-corrected chi connectivity index (χ0v) is 16.5. The quantitative estimate of drug-likeness (QED) is 0.675. The van der Waals surface area contributed by atoms with Gasteiger partial charge in [0.2, 0.25) is 0 Å². The van der Waals surface area contributed by atoms with Gasteiger partial charge in [0.25, 0.3) is 0 Å². The first-order chi connectivity index (χ1) is 13.0. The van der Waals surface area contributed by atoms with E-state index in [1.54, 1.807) is 13.0 Å². The molecule has 1 aliphatic heterocycles. The van der Waals surface area contributed by atoms with E-state index in [9.17, 15) is 4.79 Å². The second-order valence-corrected chi connectivity index (χ2v) is 7.19. The molecule has 1 atom stereocenters. The fraction of sp³-hybridized carbons (Fsp3) is 0.471. The fourth-order valence-corrected chi connectivity index (χ4v) is 3.16. The van der Waals surface area contributed by atoms with Gasteiger partial charge in [-0.3, -0.25) is 10.00 Å². The number of ether oxygens (including phenoxy) is 1. The number of hydrogen-bond acceptors (Lipinski definition) is 5. The van der Waals surface area contributed by atoms with Crippen molar-refractivity contribution in [3.05, 3.63) is 45.5 Å². The second kappa shape index (κ2) is 9.36. The lowest BCUT2D eigenvalue weighted by molar-refractivity contribution is -0.0287. The first-order valence-electron chi connectivity index (χ1n) is 8.67. The highest BCUT2D eigenvalue weighted by Gasteiger charge is 2.21. The smallest absolute Gasteiger partial charge is 0.315 e. The number of halogens is 2. The molecule has 8 nitrogen and oxygen atoms in total. The summed E-state index contributed by atoms with van der Waals surface area (Å²) in [6, 6.07) is 5.38. The highest BCUT2D eigenvalue weighted by Crippen LogP contribution is 2.23. The zero-order chi connectivity index (χ0) is 19.2. The highest BCUT2D eigenvalue weighted by molar-refractivity contribution is 6.42. The molecule has 10 heteroatoms. The van der Waals surface area contributed by atoms with Gasteiger partial charge in [0.1, 0.15) is 5.82 Å². The fourth-order valence-electron chi connectivity index (χ4n) is 2.84. The average Bonchev–Trinajstić information content (AvgIpc) is 3.07. The van der Waals surface area contributed by atoms with E-state index < -0.39 is 0 Å². The molecule has 3 rings (SSSR count). The van der Waals surface area contributed by atoms with Crippen LogP contribution in [0.1, 0.15) is 17.2 Å². The summed E-state index contributed by atoms with van der Waals surface area (Å²) in [7, 11) is 0. The van der Waals surface area contributed by atoms with Gasteiger partial charge in [0, 0.05) is 26.2 Å². The zero-order valence-electron chi connectivity index (χ0n) is 15.0. The molecule has 0 spiro atoms. The number of aryl methyl sites for hydroxylation is 1. The highest BCUT2D eigenvalue weighted by atomic mass is 35.5. The number of aromatic nitrogens is 3. The summed E-state index contributed by atoms with van der Waals surface area (Å²) >= 11 is 12.0. The van der Waals surface area contributed by atoms with Gasteiger partial charge in [-0.05, 0) is 24.6 Å². The molecular weight excluding hydrogens is 391 g/mol. The predicted octanol–water partition coefficient (Wildman–Crippen LogP) is 2.12. The lowest BCUT2D eigenvalue weighted by Crippen LogP contribution is -2.48. The molecule has 1 aliphatic rings. The van der Waals surface area contributed by atoms with Gasteiger partial charge in [-0.2, -0.15) is 5.10 Å². The number of morpholine rings is 1. The minimum atomic E-state index is -0.275. The van der Waals surface area contributed by atoms with Crippen LogP contribution in [0.5, 0.6) is 0 Å². The van der Waals surface area contributed by atoms with Gasteiger partial charge < -0.3 is 15.4 Å². The first kappa shape index (κ1) is 19.9. The van der Waals surface area contributed by atoms with E-state index in [-0.39, 0.29) is 18.7 Å². The molecule has 3 N–H and O–H groups in total. The number of nitrogens with one attached hydrogen (secondary N) is 3. The third-order valence-electron chi connectivity index (χ3n) is 4.15. The predicted molar refractivity (Wildman–Crippen MR) is 103 cm³/mol. The minimum Gasteiger partial charge on any atom is -0.374 e. The maximum absolute atomic E-state index is 11.9. The van der Waals surface area contributed by atoms with Crippen molar-refractivity contribution in [1.82, 2.24) is 30.7 Å². The van der Waals surface area contributed by atoms with Gasteiger partial charge in [0.05, 0.1) is 29.3 Å². The van der Waals surface area contributed by atoms with Gasteiger partial charge in [0.15, 0.2) is 5.82 Å². The number of benzene rings is 1. The van der Waals surface area contributed by atoms with E-state index in [1.807, 2.05) is 12.1 Å². The number of H-pyrrole nitrogens is 1. The second-order valence-electron chi connectivity index (χ2n) is 6.38. The molecule has 1 aromatic heterocycles. The number of urea groups is 1. The average molecular weight is 413 g/mol. The van der Waals surface area contributed by atoms with E-state index in [0.717, 1.165) is 25.2 Å². The molecule has 2 heterocycles. The van der Waals surface area contributed by atoms with E-state index >= 15 is 0 Å². The molecule has 0 aliphatic carbocycles. The van der Waals surface area contributed by atoms with Crippen LogP contribution in [0.2, 0.25) is 10.0 Å². The van der Waals surface area contributed by atoms with Crippen LogP contribution in [0, 0.1) is 6.92 Å². The monoisotopic (exact) mass is 412 g/mol. The summed E-state index contributed by atoms with van der Waals surface area (Å²) < 4.78 is 5.74.